The van der Waals surface area contributed by atoms with E-state index >= 15 is 0 Å². The summed E-state index contributed by atoms with van der Waals surface area (Å²) in [6, 6.07) is 8.46. The van der Waals surface area contributed by atoms with Crippen LogP contribution >= 0.6 is 15.9 Å². The maximum atomic E-state index is 4.50. The number of nitrogens with one attached hydrogen (secondary N) is 1. The van der Waals surface area contributed by atoms with Crippen molar-refractivity contribution in [1.82, 2.24) is 9.97 Å². The molecular formula is C14H16BrN3. The highest BCUT2D eigenvalue weighted by Crippen LogP contribution is 2.23. The Kier molecular flexibility index (Phi) is 3.97. The molecule has 1 N–H and O–H groups in total. The van der Waals surface area contributed by atoms with Crippen LogP contribution in [0.3, 0.4) is 0 Å². The lowest BCUT2D eigenvalue weighted by atomic mass is 10.1. The van der Waals surface area contributed by atoms with Crippen LogP contribution in [0, 0.1) is 13.8 Å². The third-order valence-electron chi connectivity index (χ3n) is 2.78. The van der Waals surface area contributed by atoms with Gasteiger partial charge in [-0.3, -0.25) is 0 Å². The van der Waals surface area contributed by atoms with Crippen LogP contribution in [0.1, 0.15) is 22.6 Å². The topological polar surface area (TPSA) is 37.8 Å². The van der Waals surface area contributed by atoms with Crippen LogP contribution < -0.4 is 5.32 Å². The quantitative estimate of drug-likeness (QED) is 0.943. The van der Waals surface area contributed by atoms with Gasteiger partial charge in [0.2, 0.25) is 0 Å². The zero-order chi connectivity index (χ0) is 13.1. The lowest BCUT2D eigenvalue weighted by Crippen LogP contribution is -2.04. The van der Waals surface area contributed by atoms with Gasteiger partial charge >= 0.3 is 0 Å². The summed E-state index contributed by atoms with van der Waals surface area (Å²) in [6.45, 7) is 4.06. The molecule has 0 aliphatic rings. The number of rotatable bonds is 3. The summed E-state index contributed by atoms with van der Waals surface area (Å²) in [5.41, 5.74) is 3.45. The van der Waals surface area contributed by atoms with Crippen molar-refractivity contribution in [3.63, 3.8) is 0 Å². The molecule has 4 heteroatoms. The number of hydrogen-bond donors (Lipinski definition) is 1. The molecule has 0 radical (unpaired) electrons. The van der Waals surface area contributed by atoms with Gasteiger partial charge in [-0.05, 0) is 35.3 Å². The molecule has 0 aliphatic carbocycles. The third kappa shape index (κ3) is 2.88. The first-order valence-electron chi connectivity index (χ1n) is 5.86. The summed E-state index contributed by atoms with van der Waals surface area (Å²) in [6.07, 6.45) is 0.753. The van der Waals surface area contributed by atoms with Crippen molar-refractivity contribution >= 4 is 21.7 Å². The summed E-state index contributed by atoms with van der Waals surface area (Å²) in [5, 5.41) is 3.07. The first-order chi connectivity index (χ1) is 8.60. The van der Waals surface area contributed by atoms with E-state index in [2.05, 4.69) is 62.4 Å². The van der Waals surface area contributed by atoms with Crippen LogP contribution in [0.5, 0.6) is 0 Å². The molecule has 94 valence electrons. The summed E-state index contributed by atoms with van der Waals surface area (Å²) >= 11 is 3.48. The summed E-state index contributed by atoms with van der Waals surface area (Å²) < 4.78 is 0.928. The lowest BCUT2D eigenvalue weighted by Gasteiger charge is -2.08. The highest BCUT2D eigenvalue weighted by molar-refractivity contribution is 9.10. The van der Waals surface area contributed by atoms with Gasteiger partial charge in [0.25, 0.3) is 0 Å². The molecule has 3 nitrogen and oxygen atoms in total. The maximum absolute atomic E-state index is 4.50. The fourth-order valence-corrected chi connectivity index (χ4v) is 2.13. The average Bonchev–Trinajstić information content (AvgIpc) is 2.36. The van der Waals surface area contributed by atoms with Crippen LogP contribution in [-0.4, -0.2) is 17.0 Å². The predicted octanol–water partition coefficient (Wildman–Crippen LogP) is 3.49. The van der Waals surface area contributed by atoms with Gasteiger partial charge < -0.3 is 5.32 Å². The Morgan fingerprint density at radius 1 is 1.11 bits per heavy atom. The minimum atomic E-state index is 0.753. The van der Waals surface area contributed by atoms with E-state index in [-0.39, 0.29) is 0 Å². The molecule has 18 heavy (non-hydrogen) atoms. The van der Waals surface area contributed by atoms with Crippen LogP contribution in [-0.2, 0) is 6.42 Å². The van der Waals surface area contributed by atoms with Crippen molar-refractivity contribution in [2.24, 2.45) is 0 Å². The second kappa shape index (κ2) is 5.48. The number of benzene rings is 1. The molecule has 1 heterocycles. The van der Waals surface area contributed by atoms with Crippen LogP contribution in [0.25, 0.3) is 0 Å². The molecule has 0 bridgehead atoms. The molecule has 0 amide bonds. The van der Waals surface area contributed by atoms with Gasteiger partial charge in [-0.25, -0.2) is 9.97 Å². The number of halogens is 1. The Morgan fingerprint density at radius 2 is 1.78 bits per heavy atom. The van der Waals surface area contributed by atoms with Gasteiger partial charge in [0, 0.05) is 13.5 Å². The van der Waals surface area contributed by atoms with Gasteiger partial charge in [-0.1, -0.05) is 29.8 Å². The number of nitrogens with zero attached hydrogens (tertiary/aromatic N) is 2. The van der Waals surface area contributed by atoms with Crippen molar-refractivity contribution in [3.05, 3.63) is 51.4 Å². The normalized spacial score (nSPS) is 10.4. The molecule has 0 saturated heterocycles. The molecule has 0 atom stereocenters. The fourth-order valence-electron chi connectivity index (χ4n) is 1.75. The van der Waals surface area contributed by atoms with E-state index in [1.165, 1.54) is 11.1 Å². The standard InChI is InChI=1S/C14H16BrN3/c1-9-4-6-11(7-5-9)8-12-17-10(2)13(15)14(16-3)18-12/h4-7H,8H2,1-3H3,(H,16,17,18). The van der Waals surface area contributed by atoms with Crippen LogP contribution in [0.4, 0.5) is 5.82 Å². The van der Waals surface area contributed by atoms with Crippen molar-refractivity contribution in [2.75, 3.05) is 12.4 Å². The van der Waals surface area contributed by atoms with Gasteiger partial charge in [0.05, 0.1) is 10.2 Å². The largest absolute Gasteiger partial charge is 0.372 e. The number of aryl methyl sites for hydroxylation is 2. The number of hydrogen-bond acceptors (Lipinski definition) is 3. The van der Waals surface area contributed by atoms with E-state index in [0.29, 0.717) is 0 Å². The molecule has 1 aromatic heterocycles. The Labute approximate surface area is 116 Å². The maximum Gasteiger partial charge on any atom is 0.144 e. The van der Waals surface area contributed by atoms with E-state index < -0.39 is 0 Å². The second-order valence-corrected chi connectivity index (χ2v) is 5.09. The molecule has 0 saturated carbocycles. The molecule has 0 fully saturated rings. The predicted molar refractivity (Wildman–Crippen MR) is 78.0 cm³/mol. The minimum absolute atomic E-state index is 0.753. The van der Waals surface area contributed by atoms with Crippen molar-refractivity contribution in [3.8, 4) is 0 Å². The molecule has 2 aromatic rings. The highest BCUT2D eigenvalue weighted by atomic mass is 79.9. The van der Waals surface area contributed by atoms with Crippen LogP contribution in [0.2, 0.25) is 0 Å². The highest BCUT2D eigenvalue weighted by Gasteiger charge is 2.08. The lowest BCUT2D eigenvalue weighted by molar-refractivity contribution is 0.936. The Hall–Kier alpha value is -1.42. The fraction of sp³-hybridized carbons (Fsp3) is 0.286. The third-order valence-corrected chi connectivity index (χ3v) is 3.73. The van der Waals surface area contributed by atoms with E-state index in [4.69, 9.17) is 0 Å². The zero-order valence-corrected chi connectivity index (χ0v) is 12.4. The molecular weight excluding hydrogens is 290 g/mol. The zero-order valence-electron chi connectivity index (χ0n) is 10.8. The smallest absolute Gasteiger partial charge is 0.144 e. The Morgan fingerprint density at radius 3 is 2.39 bits per heavy atom. The molecule has 0 spiro atoms. The summed E-state index contributed by atoms with van der Waals surface area (Å²) in [7, 11) is 1.86. The first kappa shape index (κ1) is 13.0. The number of anilines is 1. The average molecular weight is 306 g/mol. The van der Waals surface area contributed by atoms with Crippen molar-refractivity contribution in [1.29, 1.82) is 0 Å². The van der Waals surface area contributed by atoms with E-state index in [0.717, 1.165) is 28.2 Å². The number of aromatic nitrogens is 2. The Balaban J connectivity index is 2.29. The Bertz CT molecular complexity index is 550. The molecule has 2 rings (SSSR count). The van der Waals surface area contributed by atoms with E-state index in [1.807, 2.05) is 14.0 Å². The second-order valence-electron chi connectivity index (χ2n) is 4.30. The minimum Gasteiger partial charge on any atom is -0.372 e. The van der Waals surface area contributed by atoms with Gasteiger partial charge in [-0.15, -0.1) is 0 Å². The first-order valence-corrected chi connectivity index (χ1v) is 6.65. The molecule has 1 aromatic carbocycles. The molecule has 0 unspecified atom stereocenters. The van der Waals surface area contributed by atoms with Gasteiger partial charge in [-0.2, -0.15) is 0 Å². The SMILES string of the molecule is CNc1nc(Cc2ccc(C)cc2)nc(C)c1Br. The van der Waals surface area contributed by atoms with Gasteiger partial charge in [0.15, 0.2) is 0 Å². The van der Waals surface area contributed by atoms with Gasteiger partial charge in [0.1, 0.15) is 11.6 Å². The summed E-state index contributed by atoms with van der Waals surface area (Å²) in [4.78, 5) is 9.00. The van der Waals surface area contributed by atoms with E-state index in [1.54, 1.807) is 0 Å². The van der Waals surface area contributed by atoms with Crippen LogP contribution in [0.15, 0.2) is 28.7 Å². The van der Waals surface area contributed by atoms with Crippen molar-refractivity contribution in [2.45, 2.75) is 20.3 Å². The van der Waals surface area contributed by atoms with E-state index in [9.17, 15) is 0 Å². The molecule has 0 aliphatic heterocycles. The summed E-state index contributed by atoms with van der Waals surface area (Å²) in [5.74, 6) is 1.67. The monoisotopic (exact) mass is 305 g/mol. The van der Waals surface area contributed by atoms with Crippen molar-refractivity contribution < 1.29 is 0 Å².